The predicted octanol–water partition coefficient (Wildman–Crippen LogP) is 2.46. The number of aryl methyl sites for hydroxylation is 1. The van der Waals surface area contributed by atoms with Gasteiger partial charge in [-0.05, 0) is 12.5 Å². The first kappa shape index (κ1) is 22.4. The Bertz CT molecular complexity index is 911. The third kappa shape index (κ3) is 6.15. The molecule has 0 bridgehead atoms. The summed E-state index contributed by atoms with van der Waals surface area (Å²) in [6.45, 7) is 9.69. The van der Waals surface area contributed by atoms with Crippen molar-refractivity contribution in [3.63, 3.8) is 0 Å². The molecule has 0 amide bonds. The standard InChI is InChI=1S/C23H31N5O4/c1-19-3-2-4-20(15-19)18-24-25-22-16-21(27-8-12-31-13-9-27)17-23(28(22)29)32-14-7-26-5-10-30-11-6-26/h2-4,15-17H,5-14,18H2,1H3. The molecule has 2 aliphatic rings. The topological polar surface area (TPSA) is 85.8 Å². The zero-order chi connectivity index (χ0) is 22.2. The first-order valence-electron chi connectivity index (χ1n) is 11.2. The highest BCUT2D eigenvalue weighted by molar-refractivity contribution is 5.52. The number of morpholine rings is 2. The highest BCUT2D eigenvalue weighted by Crippen LogP contribution is 2.25. The highest BCUT2D eigenvalue weighted by atomic mass is 16.6. The van der Waals surface area contributed by atoms with Crippen molar-refractivity contribution >= 4 is 11.5 Å². The Morgan fingerprint density at radius 3 is 2.53 bits per heavy atom. The van der Waals surface area contributed by atoms with Gasteiger partial charge < -0.3 is 24.3 Å². The summed E-state index contributed by atoms with van der Waals surface area (Å²) in [4.78, 5) is 4.45. The molecule has 32 heavy (non-hydrogen) atoms. The van der Waals surface area contributed by atoms with E-state index in [-0.39, 0.29) is 11.7 Å². The fraction of sp³-hybridized carbons (Fsp3) is 0.522. The van der Waals surface area contributed by atoms with Crippen molar-refractivity contribution in [1.82, 2.24) is 4.90 Å². The molecule has 0 N–H and O–H groups in total. The molecule has 0 atom stereocenters. The number of benzene rings is 1. The largest absolute Gasteiger partial charge is 0.708 e. The Labute approximate surface area is 188 Å². The van der Waals surface area contributed by atoms with Gasteiger partial charge >= 0.3 is 5.82 Å². The van der Waals surface area contributed by atoms with Crippen molar-refractivity contribution in [3.8, 4) is 5.88 Å². The van der Waals surface area contributed by atoms with Crippen molar-refractivity contribution in [2.45, 2.75) is 13.5 Å². The number of hydrogen-bond donors (Lipinski definition) is 0. The van der Waals surface area contributed by atoms with Crippen molar-refractivity contribution < 1.29 is 18.9 Å². The molecule has 2 aliphatic heterocycles. The van der Waals surface area contributed by atoms with E-state index in [2.05, 4.69) is 26.1 Å². The van der Waals surface area contributed by atoms with Crippen LogP contribution in [0.5, 0.6) is 5.88 Å². The minimum absolute atomic E-state index is 0.225. The Hall–Kier alpha value is -2.75. The Kier molecular flexibility index (Phi) is 7.87. The molecule has 0 unspecified atom stereocenters. The van der Waals surface area contributed by atoms with Crippen LogP contribution in [-0.4, -0.2) is 70.7 Å². The van der Waals surface area contributed by atoms with Gasteiger partial charge in [-0.3, -0.25) is 4.90 Å². The summed E-state index contributed by atoms with van der Waals surface area (Å²) in [6, 6.07) is 11.7. The molecule has 9 nitrogen and oxygen atoms in total. The van der Waals surface area contributed by atoms with E-state index in [1.54, 1.807) is 12.1 Å². The zero-order valence-corrected chi connectivity index (χ0v) is 18.6. The lowest BCUT2D eigenvalue weighted by atomic mass is 10.1. The normalized spacial score (nSPS) is 17.7. The third-order valence-electron chi connectivity index (χ3n) is 5.60. The van der Waals surface area contributed by atoms with Crippen LogP contribution in [0.15, 0.2) is 46.6 Å². The number of rotatable bonds is 8. The number of azo groups is 1. The van der Waals surface area contributed by atoms with Crippen LogP contribution >= 0.6 is 0 Å². The summed E-state index contributed by atoms with van der Waals surface area (Å²) in [5.74, 6) is 0.467. The molecule has 2 saturated heterocycles. The lowest BCUT2D eigenvalue weighted by molar-refractivity contribution is -0.599. The summed E-state index contributed by atoms with van der Waals surface area (Å²) in [5.41, 5.74) is 3.12. The van der Waals surface area contributed by atoms with Crippen molar-refractivity contribution in [1.29, 1.82) is 0 Å². The third-order valence-corrected chi connectivity index (χ3v) is 5.60. The smallest absolute Gasteiger partial charge is 0.358 e. The van der Waals surface area contributed by atoms with Gasteiger partial charge in [0, 0.05) is 38.8 Å². The monoisotopic (exact) mass is 441 g/mol. The molecule has 0 aliphatic carbocycles. The lowest BCUT2D eigenvalue weighted by Crippen LogP contribution is -2.40. The molecule has 1 aromatic heterocycles. The van der Waals surface area contributed by atoms with Crippen LogP contribution < -0.4 is 14.4 Å². The maximum atomic E-state index is 12.9. The van der Waals surface area contributed by atoms with Gasteiger partial charge in [-0.2, -0.15) is 4.73 Å². The second-order valence-corrected chi connectivity index (χ2v) is 7.99. The van der Waals surface area contributed by atoms with Gasteiger partial charge in [-0.25, -0.2) is 0 Å². The molecule has 3 heterocycles. The van der Waals surface area contributed by atoms with E-state index in [4.69, 9.17) is 14.2 Å². The van der Waals surface area contributed by atoms with E-state index in [0.29, 0.717) is 26.4 Å². The predicted molar refractivity (Wildman–Crippen MR) is 121 cm³/mol. The molecular formula is C23H31N5O4. The minimum Gasteiger partial charge on any atom is -0.708 e. The van der Waals surface area contributed by atoms with Gasteiger partial charge in [-0.1, -0.05) is 34.9 Å². The minimum atomic E-state index is 0.225. The maximum Gasteiger partial charge on any atom is 0.358 e. The number of hydrogen-bond acceptors (Lipinski definition) is 8. The van der Waals surface area contributed by atoms with Crippen LogP contribution in [0.25, 0.3) is 0 Å². The average Bonchev–Trinajstić information content (AvgIpc) is 2.82. The van der Waals surface area contributed by atoms with Crippen LogP contribution in [0, 0.1) is 12.1 Å². The lowest BCUT2D eigenvalue weighted by Gasteiger charge is -2.29. The fourth-order valence-electron chi connectivity index (χ4n) is 3.81. The SMILES string of the molecule is Cc1cccc(CN=Nc2cc(N3CCOCC3)cc(OCCN3CCOCC3)[n+]2[O-])c1. The maximum absolute atomic E-state index is 12.9. The Morgan fingerprint density at radius 2 is 1.78 bits per heavy atom. The first-order chi connectivity index (χ1) is 15.7. The van der Waals surface area contributed by atoms with Gasteiger partial charge in [-0.15, -0.1) is 0 Å². The van der Waals surface area contributed by atoms with E-state index in [1.165, 1.54) is 5.56 Å². The van der Waals surface area contributed by atoms with E-state index in [9.17, 15) is 5.21 Å². The number of nitrogens with zero attached hydrogens (tertiary/aromatic N) is 5. The molecule has 9 heteroatoms. The summed E-state index contributed by atoms with van der Waals surface area (Å²) in [5, 5.41) is 21.5. The van der Waals surface area contributed by atoms with Gasteiger partial charge in [0.15, 0.2) is 0 Å². The van der Waals surface area contributed by atoms with E-state index in [0.717, 1.165) is 61.9 Å². The molecule has 4 rings (SSSR count). The van der Waals surface area contributed by atoms with Crippen molar-refractivity contribution in [2.75, 3.05) is 70.7 Å². The number of aromatic nitrogens is 1. The molecule has 0 spiro atoms. The average molecular weight is 442 g/mol. The summed E-state index contributed by atoms with van der Waals surface area (Å²) in [7, 11) is 0. The second-order valence-electron chi connectivity index (χ2n) is 7.99. The molecule has 0 radical (unpaired) electrons. The van der Waals surface area contributed by atoms with Crippen LogP contribution in [0.3, 0.4) is 0 Å². The van der Waals surface area contributed by atoms with E-state index < -0.39 is 0 Å². The molecule has 1 aromatic carbocycles. The summed E-state index contributed by atoms with van der Waals surface area (Å²) < 4.78 is 17.5. The number of pyridine rings is 1. The van der Waals surface area contributed by atoms with Crippen LogP contribution in [0.1, 0.15) is 11.1 Å². The van der Waals surface area contributed by atoms with Crippen molar-refractivity contribution in [3.05, 3.63) is 52.7 Å². The first-order valence-corrected chi connectivity index (χ1v) is 11.2. The molecular weight excluding hydrogens is 410 g/mol. The number of ether oxygens (including phenoxy) is 3. The van der Waals surface area contributed by atoms with Gasteiger partial charge in [0.2, 0.25) is 0 Å². The van der Waals surface area contributed by atoms with E-state index >= 15 is 0 Å². The quantitative estimate of drug-likeness (QED) is 0.355. The Morgan fingerprint density at radius 1 is 1.03 bits per heavy atom. The molecule has 172 valence electrons. The zero-order valence-electron chi connectivity index (χ0n) is 18.6. The number of anilines is 1. The second kappa shape index (κ2) is 11.2. The molecule has 2 aromatic rings. The Balaban J connectivity index is 1.49. The highest BCUT2D eigenvalue weighted by Gasteiger charge is 2.20. The van der Waals surface area contributed by atoms with Gasteiger partial charge in [0.1, 0.15) is 13.2 Å². The van der Waals surface area contributed by atoms with Gasteiger partial charge in [0.05, 0.1) is 43.3 Å². The molecule has 0 saturated carbocycles. The van der Waals surface area contributed by atoms with Crippen LogP contribution in [-0.2, 0) is 16.0 Å². The van der Waals surface area contributed by atoms with Gasteiger partial charge in [0.25, 0.3) is 5.88 Å². The summed E-state index contributed by atoms with van der Waals surface area (Å²) in [6.07, 6.45) is 0. The van der Waals surface area contributed by atoms with E-state index in [1.807, 2.05) is 25.1 Å². The summed E-state index contributed by atoms with van der Waals surface area (Å²) >= 11 is 0. The fourth-order valence-corrected chi connectivity index (χ4v) is 3.81. The molecule has 2 fully saturated rings. The van der Waals surface area contributed by atoms with Crippen molar-refractivity contribution in [2.24, 2.45) is 10.2 Å². The van der Waals surface area contributed by atoms with Crippen LogP contribution in [0.2, 0.25) is 0 Å². The van der Waals surface area contributed by atoms with Crippen LogP contribution in [0.4, 0.5) is 11.5 Å².